The minimum absolute atomic E-state index is 0.0549. The number of fused-ring (bicyclic) bond motifs is 2. The summed E-state index contributed by atoms with van der Waals surface area (Å²) in [5.74, 6) is -1.31. The molecule has 0 saturated carbocycles. The monoisotopic (exact) mass is 251 g/mol. The van der Waals surface area contributed by atoms with Crippen LogP contribution < -0.4 is 0 Å². The van der Waals surface area contributed by atoms with Gasteiger partial charge in [0.2, 0.25) is 0 Å². The molecule has 0 radical (unpaired) electrons. The van der Waals surface area contributed by atoms with Gasteiger partial charge >= 0.3 is 5.97 Å². The van der Waals surface area contributed by atoms with Crippen molar-refractivity contribution in [3.05, 3.63) is 70.3 Å². The standard InChI is InChI=1S/C15H9NO3/c16-13-9-3-1-2-4-11(9)14(17)12-7-8(15(18)19)5-6-10(12)13/h1-7,16H,(H,18,19). The fourth-order valence-electron chi connectivity index (χ4n) is 2.27. The predicted molar refractivity (Wildman–Crippen MR) is 69.2 cm³/mol. The van der Waals surface area contributed by atoms with E-state index in [4.69, 9.17) is 10.5 Å². The molecule has 1 aliphatic rings. The summed E-state index contributed by atoms with van der Waals surface area (Å²) < 4.78 is 0. The molecule has 0 saturated heterocycles. The summed E-state index contributed by atoms with van der Waals surface area (Å²) in [4.78, 5) is 23.3. The molecule has 2 N–H and O–H groups in total. The number of carboxylic acids is 1. The van der Waals surface area contributed by atoms with Crippen LogP contribution in [0.3, 0.4) is 0 Å². The molecule has 92 valence electrons. The molecule has 0 fully saturated rings. The van der Waals surface area contributed by atoms with Crippen molar-refractivity contribution < 1.29 is 14.7 Å². The Bertz CT molecular complexity index is 747. The van der Waals surface area contributed by atoms with Crippen molar-refractivity contribution in [1.29, 1.82) is 5.41 Å². The zero-order valence-electron chi connectivity index (χ0n) is 9.81. The summed E-state index contributed by atoms with van der Waals surface area (Å²) in [6.07, 6.45) is 0. The number of rotatable bonds is 1. The molecule has 2 aromatic carbocycles. The molecule has 3 rings (SSSR count). The van der Waals surface area contributed by atoms with Crippen LogP contribution in [0.5, 0.6) is 0 Å². The van der Waals surface area contributed by atoms with E-state index in [0.29, 0.717) is 16.7 Å². The molecule has 4 heteroatoms. The number of nitrogens with one attached hydrogen (secondary N) is 1. The number of ketones is 1. The summed E-state index contributed by atoms with van der Waals surface area (Å²) in [6.45, 7) is 0. The van der Waals surface area contributed by atoms with E-state index in [2.05, 4.69) is 0 Å². The van der Waals surface area contributed by atoms with Gasteiger partial charge in [-0.25, -0.2) is 4.79 Å². The van der Waals surface area contributed by atoms with E-state index in [0.717, 1.165) is 0 Å². The predicted octanol–water partition coefficient (Wildman–Crippen LogP) is 2.35. The average molecular weight is 251 g/mol. The smallest absolute Gasteiger partial charge is 0.335 e. The Kier molecular flexibility index (Phi) is 2.32. The molecule has 4 nitrogen and oxygen atoms in total. The second-order valence-corrected chi connectivity index (χ2v) is 4.32. The number of benzene rings is 2. The molecule has 19 heavy (non-hydrogen) atoms. The Morgan fingerprint density at radius 2 is 1.58 bits per heavy atom. The second-order valence-electron chi connectivity index (χ2n) is 4.32. The lowest BCUT2D eigenvalue weighted by atomic mass is 9.83. The fraction of sp³-hybridized carbons (Fsp3) is 0. The molecule has 0 aromatic heterocycles. The van der Waals surface area contributed by atoms with E-state index in [1.54, 1.807) is 24.3 Å². The van der Waals surface area contributed by atoms with Crippen molar-refractivity contribution in [3.63, 3.8) is 0 Å². The maximum absolute atomic E-state index is 12.3. The number of aromatic carboxylic acids is 1. The lowest BCUT2D eigenvalue weighted by Crippen LogP contribution is -2.21. The molecular weight excluding hydrogens is 242 g/mol. The first-order valence-electron chi connectivity index (χ1n) is 5.70. The van der Waals surface area contributed by atoms with E-state index < -0.39 is 5.97 Å². The Labute approximate surface area is 108 Å². The number of carboxylic acid groups (broad SMARTS) is 1. The normalized spacial score (nSPS) is 12.8. The maximum atomic E-state index is 12.3. The summed E-state index contributed by atoms with van der Waals surface area (Å²) in [5.41, 5.74) is 2.10. The van der Waals surface area contributed by atoms with Crippen molar-refractivity contribution in [3.8, 4) is 0 Å². The van der Waals surface area contributed by atoms with Gasteiger partial charge in [0.05, 0.1) is 11.3 Å². The van der Waals surface area contributed by atoms with Crippen LogP contribution in [0.15, 0.2) is 42.5 Å². The van der Waals surface area contributed by atoms with Crippen molar-refractivity contribution >= 4 is 17.5 Å². The third-order valence-electron chi connectivity index (χ3n) is 3.22. The fourth-order valence-corrected chi connectivity index (χ4v) is 2.27. The van der Waals surface area contributed by atoms with Crippen LogP contribution >= 0.6 is 0 Å². The van der Waals surface area contributed by atoms with Crippen molar-refractivity contribution in [2.24, 2.45) is 0 Å². The van der Waals surface area contributed by atoms with Gasteiger partial charge in [-0.1, -0.05) is 30.3 Å². The van der Waals surface area contributed by atoms with Crippen LogP contribution in [0.2, 0.25) is 0 Å². The quantitative estimate of drug-likeness (QED) is 0.696. The van der Waals surface area contributed by atoms with Gasteiger partial charge in [0.15, 0.2) is 5.78 Å². The molecule has 0 heterocycles. The SMILES string of the molecule is N=C1c2ccccc2C(=O)c2cc(C(=O)O)ccc21. The highest BCUT2D eigenvalue weighted by molar-refractivity contribution is 6.29. The Balaban J connectivity index is 2.27. The second kappa shape index (κ2) is 3.88. The van der Waals surface area contributed by atoms with E-state index >= 15 is 0 Å². The first-order valence-corrected chi connectivity index (χ1v) is 5.70. The van der Waals surface area contributed by atoms with Gasteiger partial charge in [-0.15, -0.1) is 0 Å². The Hall–Kier alpha value is -2.75. The van der Waals surface area contributed by atoms with Crippen LogP contribution in [-0.4, -0.2) is 22.6 Å². The third-order valence-corrected chi connectivity index (χ3v) is 3.22. The van der Waals surface area contributed by atoms with Crippen LogP contribution in [0.4, 0.5) is 0 Å². The molecule has 0 bridgehead atoms. The minimum Gasteiger partial charge on any atom is -0.478 e. The van der Waals surface area contributed by atoms with Crippen molar-refractivity contribution in [1.82, 2.24) is 0 Å². The molecule has 0 spiro atoms. The number of carbonyl (C=O) groups is 2. The van der Waals surface area contributed by atoms with Crippen LogP contribution in [0.25, 0.3) is 0 Å². The van der Waals surface area contributed by atoms with Crippen molar-refractivity contribution in [2.75, 3.05) is 0 Å². The van der Waals surface area contributed by atoms with Crippen LogP contribution in [-0.2, 0) is 0 Å². The maximum Gasteiger partial charge on any atom is 0.335 e. The molecular formula is C15H9NO3. The number of hydrogen-bond acceptors (Lipinski definition) is 3. The van der Waals surface area contributed by atoms with Crippen molar-refractivity contribution in [2.45, 2.75) is 0 Å². The minimum atomic E-state index is -1.08. The third kappa shape index (κ3) is 1.57. The lowest BCUT2D eigenvalue weighted by Gasteiger charge is -2.19. The molecule has 0 amide bonds. The molecule has 0 atom stereocenters. The Morgan fingerprint density at radius 3 is 2.26 bits per heavy atom. The van der Waals surface area contributed by atoms with E-state index in [9.17, 15) is 9.59 Å². The Morgan fingerprint density at radius 1 is 0.947 bits per heavy atom. The van der Waals surface area contributed by atoms with Gasteiger partial charge in [-0.2, -0.15) is 0 Å². The number of hydrogen-bond donors (Lipinski definition) is 2. The summed E-state index contributed by atoms with van der Waals surface area (Å²) >= 11 is 0. The van der Waals surface area contributed by atoms with Crippen LogP contribution in [0, 0.1) is 5.41 Å². The zero-order chi connectivity index (χ0) is 13.6. The zero-order valence-corrected chi connectivity index (χ0v) is 9.81. The van der Waals surface area contributed by atoms with Gasteiger partial charge in [0.25, 0.3) is 0 Å². The first-order chi connectivity index (χ1) is 9.09. The highest BCUT2D eigenvalue weighted by Gasteiger charge is 2.27. The highest BCUT2D eigenvalue weighted by atomic mass is 16.4. The summed E-state index contributed by atoms with van der Waals surface area (Å²) in [7, 11) is 0. The topological polar surface area (TPSA) is 78.2 Å². The van der Waals surface area contributed by atoms with E-state index in [1.807, 2.05) is 0 Å². The number of carbonyl (C=O) groups excluding carboxylic acids is 1. The van der Waals surface area contributed by atoms with Gasteiger partial charge < -0.3 is 5.11 Å². The molecule has 1 aliphatic carbocycles. The molecule has 2 aromatic rings. The van der Waals surface area contributed by atoms with Gasteiger partial charge in [-0.05, 0) is 12.1 Å². The average Bonchev–Trinajstić information content (AvgIpc) is 2.44. The van der Waals surface area contributed by atoms with Crippen LogP contribution in [0.1, 0.15) is 37.4 Å². The largest absolute Gasteiger partial charge is 0.478 e. The van der Waals surface area contributed by atoms with Gasteiger partial charge in [0, 0.05) is 22.3 Å². The first kappa shape index (κ1) is 11.3. The van der Waals surface area contributed by atoms with Gasteiger partial charge in [-0.3, -0.25) is 10.2 Å². The summed E-state index contributed by atoms with van der Waals surface area (Å²) in [5, 5.41) is 17.1. The highest BCUT2D eigenvalue weighted by Crippen LogP contribution is 2.27. The van der Waals surface area contributed by atoms with Gasteiger partial charge in [0.1, 0.15) is 0 Å². The molecule has 0 aliphatic heterocycles. The summed E-state index contributed by atoms with van der Waals surface area (Å²) in [6, 6.07) is 11.2. The molecule has 0 unspecified atom stereocenters. The lowest BCUT2D eigenvalue weighted by molar-refractivity contribution is 0.0697. The van der Waals surface area contributed by atoms with E-state index in [1.165, 1.54) is 18.2 Å². The van der Waals surface area contributed by atoms with E-state index in [-0.39, 0.29) is 22.6 Å².